The minimum absolute atomic E-state index is 0. The molecule has 2 fully saturated rings. The van der Waals surface area contributed by atoms with Gasteiger partial charge in [0, 0.05) is 12.1 Å². The number of carbonyl (C=O) groups excluding carboxylic acids is 2. The number of hydrogen-bond donors (Lipinski definition) is 3. The standard InChI is InChI=1S/C18H23N3O2.ClH/c22-16-4-3-15(17(23)21-16)20-14-2-1-12-10-18(11-13(12)9-14)5-7-19-8-6-18;/h1-2,9,15,19-20H,3-8,10-11H2,(H,21,22,23);1H. The van der Waals surface area contributed by atoms with Crippen LogP contribution in [0.15, 0.2) is 18.2 Å². The van der Waals surface area contributed by atoms with Gasteiger partial charge < -0.3 is 10.6 Å². The van der Waals surface area contributed by atoms with E-state index in [0.717, 1.165) is 25.2 Å². The van der Waals surface area contributed by atoms with Crippen LogP contribution in [0.2, 0.25) is 0 Å². The van der Waals surface area contributed by atoms with Crippen LogP contribution in [-0.2, 0) is 22.4 Å². The maximum Gasteiger partial charge on any atom is 0.249 e. The first-order chi connectivity index (χ1) is 11.1. The van der Waals surface area contributed by atoms with E-state index in [4.69, 9.17) is 0 Å². The average molecular weight is 350 g/mol. The van der Waals surface area contributed by atoms with Gasteiger partial charge in [0.15, 0.2) is 0 Å². The van der Waals surface area contributed by atoms with Gasteiger partial charge in [-0.15, -0.1) is 12.4 Å². The molecule has 2 heterocycles. The fourth-order valence-electron chi connectivity index (χ4n) is 4.27. The SMILES string of the molecule is Cl.O=C1CCC(Nc2ccc3c(c2)CC2(CCNCC2)C3)C(=O)N1. The molecule has 1 aromatic carbocycles. The maximum absolute atomic E-state index is 11.9. The minimum atomic E-state index is -0.306. The maximum atomic E-state index is 11.9. The van der Waals surface area contributed by atoms with Crippen LogP contribution in [-0.4, -0.2) is 30.9 Å². The lowest BCUT2D eigenvalue weighted by atomic mass is 9.76. The number of hydrogen-bond acceptors (Lipinski definition) is 4. The topological polar surface area (TPSA) is 70.2 Å². The van der Waals surface area contributed by atoms with Gasteiger partial charge in [-0.05, 0) is 73.9 Å². The molecule has 2 aliphatic heterocycles. The van der Waals surface area contributed by atoms with Crippen LogP contribution in [0.1, 0.15) is 36.8 Å². The molecule has 5 nitrogen and oxygen atoms in total. The number of imide groups is 1. The van der Waals surface area contributed by atoms with Crippen LogP contribution in [0.5, 0.6) is 0 Å². The second kappa shape index (κ2) is 6.73. The zero-order valence-corrected chi connectivity index (χ0v) is 14.5. The zero-order chi connectivity index (χ0) is 15.9. The van der Waals surface area contributed by atoms with Crippen LogP contribution in [0.3, 0.4) is 0 Å². The molecule has 0 radical (unpaired) electrons. The van der Waals surface area contributed by atoms with E-state index in [-0.39, 0.29) is 30.3 Å². The summed E-state index contributed by atoms with van der Waals surface area (Å²) in [5.41, 5.74) is 4.31. The highest BCUT2D eigenvalue weighted by molar-refractivity contribution is 6.01. The second-order valence-corrected chi connectivity index (χ2v) is 7.24. The summed E-state index contributed by atoms with van der Waals surface area (Å²) in [4.78, 5) is 23.1. The predicted octanol–water partition coefficient (Wildman–Crippen LogP) is 1.79. The Balaban J connectivity index is 0.00000169. The Morgan fingerprint density at radius 3 is 2.58 bits per heavy atom. The Morgan fingerprint density at radius 2 is 1.83 bits per heavy atom. The molecule has 1 spiro atoms. The number of piperidine rings is 2. The van der Waals surface area contributed by atoms with Crippen molar-refractivity contribution < 1.29 is 9.59 Å². The zero-order valence-electron chi connectivity index (χ0n) is 13.7. The molecule has 3 aliphatic rings. The Bertz CT molecular complexity index is 656. The van der Waals surface area contributed by atoms with Crippen molar-refractivity contribution in [1.82, 2.24) is 10.6 Å². The first-order valence-corrected chi connectivity index (χ1v) is 8.56. The van der Waals surface area contributed by atoms with E-state index in [1.54, 1.807) is 0 Å². The van der Waals surface area contributed by atoms with Gasteiger partial charge in [0.1, 0.15) is 6.04 Å². The second-order valence-electron chi connectivity index (χ2n) is 7.24. The molecular formula is C18H24ClN3O2. The van der Waals surface area contributed by atoms with Crippen molar-refractivity contribution in [2.75, 3.05) is 18.4 Å². The van der Waals surface area contributed by atoms with Crippen LogP contribution in [0, 0.1) is 5.41 Å². The smallest absolute Gasteiger partial charge is 0.249 e. The summed E-state index contributed by atoms with van der Waals surface area (Å²) >= 11 is 0. The Morgan fingerprint density at radius 1 is 1.08 bits per heavy atom. The van der Waals surface area contributed by atoms with E-state index < -0.39 is 0 Å². The van der Waals surface area contributed by atoms with Crippen LogP contribution >= 0.6 is 12.4 Å². The number of anilines is 1. The predicted molar refractivity (Wildman–Crippen MR) is 95.4 cm³/mol. The van der Waals surface area contributed by atoms with Gasteiger partial charge in [-0.25, -0.2) is 0 Å². The Labute approximate surface area is 148 Å². The third-order valence-corrected chi connectivity index (χ3v) is 5.58. The van der Waals surface area contributed by atoms with Gasteiger partial charge in [-0.1, -0.05) is 6.07 Å². The molecule has 6 heteroatoms. The molecule has 1 unspecified atom stereocenters. The van der Waals surface area contributed by atoms with E-state index in [1.165, 1.54) is 30.4 Å². The lowest BCUT2D eigenvalue weighted by Gasteiger charge is -2.33. The van der Waals surface area contributed by atoms with Gasteiger partial charge in [0.25, 0.3) is 0 Å². The number of carbonyl (C=O) groups is 2. The fraction of sp³-hybridized carbons (Fsp3) is 0.556. The largest absolute Gasteiger partial charge is 0.374 e. The quantitative estimate of drug-likeness (QED) is 0.712. The van der Waals surface area contributed by atoms with Crippen molar-refractivity contribution in [3.63, 3.8) is 0 Å². The highest BCUT2D eigenvalue weighted by atomic mass is 35.5. The molecule has 3 N–H and O–H groups in total. The van der Waals surface area contributed by atoms with E-state index in [0.29, 0.717) is 18.3 Å². The molecule has 1 aromatic rings. The number of fused-ring (bicyclic) bond motifs is 1. The molecule has 4 rings (SSSR count). The molecule has 2 amide bonds. The van der Waals surface area contributed by atoms with Gasteiger partial charge in [0.2, 0.25) is 11.8 Å². The summed E-state index contributed by atoms with van der Waals surface area (Å²) in [7, 11) is 0. The first-order valence-electron chi connectivity index (χ1n) is 8.56. The fourth-order valence-corrected chi connectivity index (χ4v) is 4.27. The van der Waals surface area contributed by atoms with Gasteiger partial charge >= 0.3 is 0 Å². The van der Waals surface area contributed by atoms with E-state index in [2.05, 4.69) is 34.1 Å². The number of benzene rings is 1. The normalized spacial score (nSPS) is 24.9. The summed E-state index contributed by atoms with van der Waals surface area (Å²) in [5.74, 6) is -0.383. The van der Waals surface area contributed by atoms with Crippen molar-refractivity contribution in [2.24, 2.45) is 5.41 Å². The number of rotatable bonds is 2. The molecule has 24 heavy (non-hydrogen) atoms. The molecule has 0 bridgehead atoms. The van der Waals surface area contributed by atoms with Crippen molar-refractivity contribution in [3.8, 4) is 0 Å². The third kappa shape index (κ3) is 3.28. The van der Waals surface area contributed by atoms with Gasteiger partial charge in [-0.3, -0.25) is 14.9 Å². The highest BCUT2D eigenvalue weighted by Crippen LogP contribution is 2.44. The average Bonchev–Trinajstić information content (AvgIpc) is 2.87. The van der Waals surface area contributed by atoms with Crippen molar-refractivity contribution in [3.05, 3.63) is 29.3 Å². The number of nitrogens with one attached hydrogen (secondary N) is 3. The number of amides is 2. The minimum Gasteiger partial charge on any atom is -0.374 e. The van der Waals surface area contributed by atoms with Crippen molar-refractivity contribution in [2.45, 2.75) is 44.6 Å². The van der Waals surface area contributed by atoms with Crippen LogP contribution in [0.4, 0.5) is 5.69 Å². The Kier molecular flexibility index (Phi) is 4.83. The highest BCUT2D eigenvalue weighted by Gasteiger charge is 2.38. The summed E-state index contributed by atoms with van der Waals surface area (Å²) < 4.78 is 0. The van der Waals surface area contributed by atoms with Gasteiger partial charge in [0.05, 0.1) is 0 Å². The summed E-state index contributed by atoms with van der Waals surface area (Å²) in [6.07, 6.45) is 5.80. The first kappa shape index (κ1) is 17.2. The Hall–Kier alpha value is -1.59. The summed E-state index contributed by atoms with van der Waals surface area (Å²) in [6, 6.07) is 6.18. The monoisotopic (exact) mass is 349 g/mol. The molecule has 130 valence electrons. The van der Waals surface area contributed by atoms with Gasteiger partial charge in [-0.2, -0.15) is 0 Å². The van der Waals surface area contributed by atoms with Crippen molar-refractivity contribution >= 4 is 29.9 Å². The molecule has 0 saturated carbocycles. The van der Waals surface area contributed by atoms with E-state index in [1.807, 2.05) is 0 Å². The molecule has 2 saturated heterocycles. The lowest BCUT2D eigenvalue weighted by Crippen LogP contribution is -2.47. The van der Waals surface area contributed by atoms with E-state index >= 15 is 0 Å². The molecule has 1 atom stereocenters. The van der Waals surface area contributed by atoms with E-state index in [9.17, 15) is 9.59 Å². The number of halogens is 1. The lowest BCUT2D eigenvalue weighted by molar-refractivity contribution is -0.133. The summed E-state index contributed by atoms with van der Waals surface area (Å²) in [6.45, 7) is 2.24. The molecule has 1 aliphatic carbocycles. The van der Waals surface area contributed by atoms with Crippen molar-refractivity contribution in [1.29, 1.82) is 0 Å². The third-order valence-electron chi connectivity index (χ3n) is 5.58. The van der Waals surface area contributed by atoms with Crippen LogP contribution in [0.25, 0.3) is 0 Å². The molecule has 0 aromatic heterocycles. The van der Waals surface area contributed by atoms with Crippen LogP contribution < -0.4 is 16.0 Å². The summed E-state index contributed by atoms with van der Waals surface area (Å²) in [5, 5.41) is 9.15. The molecular weight excluding hydrogens is 326 g/mol.